The number of sulfonamides is 1. The number of nitrogens with zero attached hydrogens (tertiary/aromatic N) is 2. The van der Waals surface area contributed by atoms with Gasteiger partial charge >= 0.3 is 0 Å². The highest BCUT2D eigenvalue weighted by Gasteiger charge is 2.34. The van der Waals surface area contributed by atoms with Crippen molar-refractivity contribution in [3.8, 4) is 0 Å². The van der Waals surface area contributed by atoms with Crippen molar-refractivity contribution in [1.82, 2.24) is 10.2 Å². The Kier molecular flexibility index (Phi) is 11.0. The molecule has 3 aromatic rings. The minimum Gasteiger partial charge on any atom is -0.352 e. The van der Waals surface area contributed by atoms with Crippen LogP contribution in [0.1, 0.15) is 39.2 Å². The van der Waals surface area contributed by atoms with Crippen LogP contribution in [0.4, 0.5) is 5.69 Å². The van der Waals surface area contributed by atoms with E-state index in [4.69, 9.17) is 11.6 Å². The Morgan fingerprint density at radius 3 is 2.21 bits per heavy atom. The summed E-state index contributed by atoms with van der Waals surface area (Å²) in [6.07, 6.45) is 1.09. The molecule has 0 radical (unpaired) electrons. The first-order valence-corrected chi connectivity index (χ1v) is 15.4. The van der Waals surface area contributed by atoms with Gasteiger partial charge in [-0.3, -0.25) is 13.9 Å². The van der Waals surface area contributed by atoms with Crippen LogP contribution >= 0.6 is 27.5 Å². The molecule has 3 aromatic carbocycles. The zero-order valence-electron chi connectivity index (χ0n) is 22.2. The molecule has 0 bridgehead atoms. The molecule has 0 spiro atoms. The fraction of sp³-hybridized carbons (Fsp3) is 0.310. The smallest absolute Gasteiger partial charge is 0.264 e. The Labute approximate surface area is 244 Å². The van der Waals surface area contributed by atoms with Gasteiger partial charge in [-0.2, -0.15) is 0 Å². The number of amides is 2. The summed E-state index contributed by atoms with van der Waals surface area (Å²) < 4.78 is 29.4. The van der Waals surface area contributed by atoms with Crippen molar-refractivity contribution in [3.63, 3.8) is 0 Å². The molecule has 0 aromatic heterocycles. The Morgan fingerprint density at radius 1 is 0.949 bits per heavy atom. The maximum atomic E-state index is 14.0. The lowest BCUT2D eigenvalue weighted by atomic mass is 10.1. The van der Waals surface area contributed by atoms with E-state index in [0.717, 1.165) is 16.3 Å². The molecule has 3 rings (SSSR count). The van der Waals surface area contributed by atoms with Crippen LogP contribution in [0.2, 0.25) is 5.02 Å². The lowest BCUT2D eigenvalue weighted by Crippen LogP contribution is -2.53. The highest BCUT2D eigenvalue weighted by Crippen LogP contribution is 2.27. The summed E-state index contributed by atoms with van der Waals surface area (Å²) in [5.41, 5.74) is 1.09. The first kappa shape index (κ1) is 30.7. The van der Waals surface area contributed by atoms with Crippen molar-refractivity contribution in [2.24, 2.45) is 0 Å². The third kappa shape index (κ3) is 8.06. The first-order chi connectivity index (χ1) is 18.6. The molecule has 1 N–H and O–H groups in total. The number of carbonyl (C=O) groups is 2. The van der Waals surface area contributed by atoms with Crippen LogP contribution in [-0.4, -0.2) is 43.8 Å². The molecule has 2 amide bonds. The average Bonchev–Trinajstić information content (AvgIpc) is 2.92. The predicted molar refractivity (Wildman–Crippen MR) is 159 cm³/mol. The maximum Gasteiger partial charge on any atom is 0.264 e. The van der Waals surface area contributed by atoms with Crippen molar-refractivity contribution in [1.29, 1.82) is 0 Å². The molecule has 7 nitrogen and oxygen atoms in total. The monoisotopic (exact) mass is 633 g/mol. The molecule has 2 atom stereocenters. The number of hydrogen-bond acceptors (Lipinski definition) is 4. The van der Waals surface area contributed by atoms with E-state index in [1.165, 1.54) is 17.0 Å². The number of benzene rings is 3. The Morgan fingerprint density at radius 2 is 1.62 bits per heavy atom. The van der Waals surface area contributed by atoms with Crippen LogP contribution in [0.5, 0.6) is 0 Å². The average molecular weight is 635 g/mol. The summed E-state index contributed by atoms with van der Waals surface area (Å²) in [4.78, 5) is 28.8. The number of rotatable bonds is 12. The molecule has 2 unspecified atom stereocenters. The third-order valence-corrected chi connectivity index (χ3v) is 8.89. The summed E-state index contributed by atoms with van der Waals surface area (Å²) in [6, 6.07) is 20.9. The van der Waals surface area contributed by atoms with E-state index < -0.39 is 28.5 Å². The zero-order valence-corrected chi connectivity index (χ0v) is 25.3. The minimum atomic E-state index is -4.11. The molecule has 0 aliphatic carbocycles. The number of nitrogens with one attached hydrogen (secondary N) is 1. The second-order valence-electron chi connectivity index (χ2n) is 9.19. The van der Waals surface area contributed by atoms with E-state index in [1.807, 2.05) is 20.8 Å². The van der Waals surface area contributed by atoms with Gasteiger partial charge in [-0.25, -0.2) is 8.42 Å². The number of hydrogen-bond donors (Lipinski definition) is 1. The highest BCUT2D eigenvalue weighted by molar-refractivity contribution is 9.10. The van der Waals surface area contributed by atoms with E-state index in [1.54, 1.807) is 66.7 Å². The normalized spacial score (nSPS) is 12.8. The molecular formula is C29H33BrClN3O4S. The maximum absolute atomic E-state index is 14.0. The summed E-state index contributed by atoms with van der Waals surface area (Å²) in [5.74, 6) is -0.787. The molecule has 0 aliphatic heterocycles. The van der Waals surface area contributed by atoms with Gasteiger partial charge in [0.05, 0.1) is 10.6 Å². The van der Waals surface area contributed by atoms with Crippen LogP contribution in [0, 0.1) is 0 Å². The van der Waals surface area contributed by atoms with Crippen molar-refractivity contribution in [3.05, 3.63) is 93.9 Å². The molecule has 0 aliphatic rings. The lowest BCUT2D eigenvalue weighted by molar-refractivity contribution is -0.140. The van der Waals surface area contributed by atoms with Crippen LogP contribution in [0.25, 0.3) is 0 Å². The van der Waals surface area contributed by atoms with Gasteiger partial charge in [-0.1, -0.05) is 77.8 Å². The van der Waals surface area contributed by atoms with E-state index in [2.05, 4.69) is 21.2 Å². The topological polar surface area (TPSA) is 86.8 Å². The molecule has 0 fully saturated rings. The summed E-state index contributed by atoms with van der Waals surface area (Å²) in [6.45, 7) is 5.31. The van der Waals surface area contributed by atoms with Crippen molar-refractivity contribution in [2.45, 2.75) is 57.1 Å². The fourth-order valence-electron chi connectivity index (χ4n) is 4.03. The van der Waals surface area contributed by atoms with E-state index >= 15 is 0 Å². The lowest BCUT2D eigenvalue weighted by Gasteiger charge is -2.33. The molecule has 0 saturated carbocycles. The van der Waals surface area contributed by atoms with Gasteiger partial charge in [0.15, 0.2) is 0 Å². The van der Waals surface area contributed by atoms with Gasteiger partial charge < -0.3 is 10.2 Å². The predicted octanol–water partition coefficient (Wildman–Crippen LogP) is 6.02. The van der Waals surface area contributed by atoms with Gasteiger partial charge in [0, 0.05) is 22.1 Å². The Balaban J connectivity index is 2.04. The summed E-state index contributed by atoms with van der Waals surface area (Å²) in [7, 11) is -4.11. The third-order valence-electron chi connectivity index (χ3n) is 6.36. The SMILES string of the molecule is CCC(C)NC(=O)C(CC)N(Cc1ccc(Cl)cc1)C(=O)CN(c1cccc(Br)c1)S(=O)(=O)c1ccccc1. The number of anilines is 1. The van der Waals surface area contributed by atoms with Crippen molar-refractivity contribution < 1.29 is 18.0 Å². The summed E-state index contributed by atoms with van der Waals surface area (Å²) in [5, 5.41) is 3.52. The molecule has 208 valence electrons. The second-order valence-corrected chi connectivity index (χ2v) is 12.4. The standard InChI is InChI=1S/C29H33BrClN3O4S/c1-4-21(3)32-29(36)27(5-2)33(19-22-14-16-24(31)17-15-22)28(35)20-34(25-11-9-10-23(30)18-25)39(37,38)26-12-7-6-8-13-26/h6-18,21,27H,4-5,19-20H2,1-3H3,(H,32,36). The van der Waals surface area contributed by atoms with Gasteiger partial charge in [-0.05, 0) is 67.8 Å². The number of halogens is 2. The highest BCUT2D eigenvalue weighted by atomic mass is 79.9. The minimum absolute atomic E-state index is 0.0589. The van der Waals surface area contributed by atoms with Crippen molar-refractivity contribution >= 4 is 55.1 Å². The first-order valence-electron chi connectivity index (χ1n) is 12.7. The van der Waals surface area contributed by atoms with Gasteiger partial charge in [0.1, 0.15) is 12.6 Å². The van der Waals surface area contributed by atoms with Gasteiger partial charge in [0.25, 0.3) is 10.0 Å². The number of carbonyl (C=O) groups excluding carboxylic acids is 2. The molecule has 0 saturated heterocycles. The van der Waals surface area contributed by atoms with Gasteiger partial charge in [-0.15, -0.1) is 0 Å². The van der Waals surface area contributed by atoms with Crippen LogP contribution < -0.4 is 9.62 Å². The quantitative estimate of drug-likeness (QED) is 0.264. The van der Waals surface area contributed by atoms with E-state index in [-0.39, 0.29) is 23.4 Å². The Bertz CT molecular complexity index is 1370. The molecule has 39 heavy (non-hydrogen) atoms. The molecule has 10 heteroatoms. The van der Waals surface area contributed by atoms with Crippen LogP contribution in [0.15, 0.2) is 88.2 Å². The second kappa shape index (κ2) is 14.0. The molecule has 0 heterocycles. The van der Waals surface area contributed by atoms with Crippen LogP contribution in [0.3, 0.4) is 0 Å². The van der Waals surface area contributed by atoms with E-state index in [9.17, 15) is 18.0 Å². The molecular weight excluding hydrogens is 602 g/mol. The Hall–Kier alpha value is -2.88. The summed E-state index contributed by atoms with van der Waals surface area (Å²) >= 11 is 9.46. The zero-order chi connectivity index (χ0) is 28.6. The van der Waals surface area contributed by atoms with Crippen molar-refractivity contribution in [2.75, 3.05) is 10.8 Å². The largest absolute Gasteiger partial charge is 0.352 e. The van der Waals surface area contributed by atoms with Gasteiger partial charge in [0.2, 0.25) is 11.8 Å². The fourth-order valence-corrected chi connectivity index (χ4v) is 5.97. The van der Waals surface area contributed by atoms with Crippen LogP contribution in [-0.2, 0) is 26.2 Å². The van der Waals surface area contributed by atoms with E-state index in [0.29, 0.717) is 21.6 Å².